The quantitative estimate of drug-likeness (QED) is 0.713. The number of fused-ring (bicyclic) bond motifs is 1. The summed E-state index contributed by atoms with van der Waals surface area (Å²) in [7, 11) is 2.78. The summed E-state index contributed by atoms with van der Waals surface area (Å²) in [6, 6.07) is 7.29. The van der Waals surface area contributed by atoms with Gasteiger partial charge in [0.05, 0.1) is 25.1 Å². The number of nitrogens with zero attached hydrogens (tertiary/aromatic N) is 2. The Balaban J connectivity index is 2.68. The summed E-state index contributed by atoms with van der Waals surface area (Å²) in [4.78, 5) is 19.4. The number of hydrogen-bond acceptors (Lipinski definition) is 5. The highest BCUT2D eigenvalue weighted by Gasteiger charge is 2.13. The van der Waals surface area contributed by atoms with E-state index in [1.165, 1.54) is 14.2 Å². The van der Waals surface area contributed by atoms with E-state index >= 15 is 0 Å². The van der Waals surface area contributed by atoms with E-state index in [0.717, 1.165) is 5.39 Å². The molecule has 0 saturated heterocycles. The molecule has 0 N–H and O–H groups in total. The Hall–Kier alpha value is -2.17. The Morgan fingerprint density at radius 1 is 1.19 bits per heavy atom. The van der Waals surface area contributed by atoms with E-state index in [1.807, 2.05) is 18.2 Å². The van der Waals surface area contributed by atoms with Crippen LogP contribution in [0.3, 0.4) is 0 Å². The van der Waals surface area contributed by atoms with Crippen molar-refractivity contribution in [1.29, 1.82) is 0 Å². The van der Waals surface area contributed by atoms with E-state index in [4.69, 9.17) is 4.74 Å². The molecule has 0 atom stereocenters. The largest absolute Gasteiger partial charge is 0.480 e. The van der Waals surface area contributed by atoms with Gasteiger partial charge in [-0.3, -0.25) is 0 Å². The first-order valence-corrected chi connectivity index (χ1v) is 4.65. The van der Waals surface area contributed by atoms with Gasteiger partial charge in [-0.1, -0.05) is 12.1 Å². The molecule has 2 rings (SSSR count). The molecule has 5 nitrogen and oxygen atoms in total. The van der Waals surface area contributed by atoms with Crippen molar-refractivity contribution in [3.63, 3.8) is 0 Å². The monoisotopic (exact) mass is 218 g/mol. The molecule has 0 radical (unpaired) electrons. The molecule has 0 saturated carbocycles. The summed E-state index contributed by atoms with van der Waals surface area (Å²) in [5, 5.41) is 0.762. The van der Waals surface area contributed by atoms with E-state index < -0.39 is 5.97 Å². The Kier molecular flexibility index (Phi) is 2.68. The third-order valence-electron chi connectivity index (χ3n) is 2.13. The van der Waals surface area contributed by atoms with Gasteiger partial charge in [0.25, 0.3) is 0 Å². The summed E-state index contributed by atoms with van der Waals surface area (Å²) >= 11 is 0. The van der Waals surface area contributed by atoms with Crippen LogP contribution in [0.5, 0.6) is 5.88 Å². The summed E-state index contributed by atoms with van der Waals surface area (Å²) in [6.07, 6.45) is 0. The Labute approximate surface area is 92.0 Å². The van der Waals surface area contributed by atoms with Crippen molar-refractivity contribution >= 4 is 16.9 Å². The second kappa shape index (κ2) is 4.14. The van der Waals surface area contributed by atoms with Gasteiger partial charge in [0.15, 0.2) is 0 Å². The van der Waals surface area contributed by atoms with Crippen molar-refractivity contribution < 1.29 is 14.3 Å². The maximum absolute atomic E-state index is 11.3. The van der Waals surface area contributed by atoms with Crippen LogP contribution in [0, 0.1) is 0 Å². The van der Waals surface area contributed by atoms with Gasteiger partial charge in [-0.15, -0.1) is 0 Å². The summed E-state index contributed by atoms with van der Waals surface area (Å²) in [5.41, 5.74) is 0.648. The minimum absolute atomic E-state index is 0.00181. The number of aromatic nitrogens is 2. The van der Waals surface area contributed by atoms with E-state index in [9.17, 15) is 4.79 Å². The molecule has 0 aliphatic rings. The molecule has 0 fully saturated rings. The van der Waals surface area contributed by atoms with Gasteiger partial charge in [-0.2, -0.15) is 4.98 Å². The molecule has 0 bridgehead atoms. The lowest BCUT2D eigenvalue weighted by Crippen LogP contribution is -2.08. The number of hydrogen-bond donors (Lipinski definition) is 0. The minimum Gasteiger partial charge on any atom is -0.480 e. The number of carbonyl (C=O) groups excluding carboxylic acids is 1. The number of para-hydroxylation sites is 1. The van der Waals surface area contributed by atoms with Crippen LogP contribution in [0.4, 0.5) is 0 Å². The zero-order valence-electron chi connectivity index (χ0n) is 8.93. The molecule has 82 valence electrons. The molecule has 1 aromatic carbocycles. The maximum atomic E-state index is 11.3. The number of carbonyl (C=O) groups is 1. The molecule has 0 amide bonds. The van der Waals surface area contributed by atoms with Crippen molar-refractivity contribution in [2.75, 3.05) is 14.2 Å². The Morgan fingerprint density at radius 3 is 2.62 bits per heavy atom. The highest BCUT2D eigenvalue weighted by molar-refractivity contribution is 5.90. The zero-order chi connectivity index (χ0) is 11.5. The number of benzene rings is 1. The fourth-order valence-corrected chi connectivity index (χ4v) is 1.39. The van der Waals surface area contributed by atoms with Gasteiger partial charge in [-0.25, -0.2) is 9.78 Å². The normalized spacial score (nSPS) is 10.1. The Bertz CT molecular complexity index is 540. The van der Waals surface area contributed by atoms with Crippen LogP contribution < -0.4 is 4.74 Å². The Morgan fingerprint density at radius 2 is 1.94 bits per heavy atom. The molecule has 0 aliphatic carbocycles. The summed E-state index contributed by atoms with van der Waals surface area (Å²) in [6.45, 7) is 0. The van der Waals surface area contributed by atoms with Crippen LogP contribution in [-0.4, -0.2) is 30.2 Å². The highest BCUT2D eigenvalue weighted by atomic mass is 16.5. The SMILES string of the molecule is COC(=O)c1nc(OC)c2ccccc2n1. The van der Waals surface area contributed by atoms with Crippen LogP contribution in [0.1, 0.15) is 10.6 Å². The molecule has 0 unspecified atom stereocenters. The number of esters is 1. The fourth-order valence-electron chi connectivity index (χ4n) is 1.39. The van der Waals surface area contributed by atoms with Crippen LogP contribution in [-0.2, 0) is 4.74 Å². The molecule has 1 heterocycles. The van der Waals surface area contributed by atoms with Crippen LogP contribution >= 0.6 is 0 Å². The number of methoxy groups -OCH3 is 2. The van der Waals surface area contributed by atoms with E-state index in [0.29, 0.717) is 11.4 Å². The van der Waals surface area contributed by atoms with Gasteiger partial charge in [0.2, 0.25) is 11.7 Å². The molecule has 1 aromatic heterocycles. The second-order valence-corrected chi connectivity index (χ2v) is 3.07. The lowest BCUT2D eigenvalue weighted by Gasteiger charge is -2.05. The van der Waals surface area contributed by atoms with Crippen molar-refractivity contribution in [2.45, 2.75) is 0 Å². The van der Waals surface area contributed by atoms with Gasteiger partial charge < -0.3 is 9.47 Å². The number of rotatable bonds is 2. The van der Waals surface area contributed by atoms with Crippen molar-refractivity contribution in [3.8, 4) is 5.88 Å². The van der Waals surface area contributed by atoms with Gasteiger partial charge in [-0.05, 0) is 12.1 Å². The topological polar surface area (TPSA) is 61.3 Å². The maximum Gasteiger partial charge on any atom is 0.376 e. The predicted molar refractivity (Wildman–Crippen MR) is 57.4 cm³/mol. The first-order valence-electron chi connectivity index (χ1n) is 4.65. The predicted octanol–water partition coefficient (Wildman–Crippen LogP) is 1.42. The molecule has 0 aliphatic heterocycles. The van der Waals surface area contributed by atoms with Gasteiger partial charge >= 0.3 is 5.97 Å². The van der Waals surface area contributed by atoms with Crippen molar-refractivity contribution in [3.05, 3.63) is 30.1 Å². The lowest BCUT2D eigenvalue weighted by atomic mass is 10.2. The molecule has 2 aromatic rings. The minimum atomic E-state index is -0.580. The highest BCUT2D eigenvalue weighted by Crippen LogP contribution is 2.21. The van der Waals surface area contributed by atoms with E-state index in [2.05, 4.69) is 14.7 Å². The first kappa shape index (κ1) is 10.4. The van der Waals surface area contributed by atoms with Crippen LogP contribution in [0.15, 0.2) is 24.3 Å². The van der Waals surface area contributed by atoms with Gasteiger partial charge in [0, 0.05) is 0 Å². The first-order chi connectivity index (χ1) is 7.76. The molecule has 0 spiro atoms. The van der Waals surface area contributed by atoms with Gasteiger partial charge in [0.1, 0.15) is 0 Å². The molecule has 16 heavy (non-hydrogen) atoms. The third-order valence-corrected chi connectivity index (χ3v) is 2.13. The zero-order valence-corrected chi connectivity index (χ0v) is 8.93. The van der Waals surface area contributed by atoms with E-state index in [-0.39, 0.29) is 5.82 Å². The standard InChI is InChI=1S/C11H10N2O3/c1-15-10-7-5-3-4-6-8(7)12-9(13-10)11(14)16-2/h3-6H,1-2H3. The average Bonchev–Trinajstić information content (AvgIpc) is 2.36. The number of ether oxygens (including phenoxy) is 2. The van der Waals surface area contributed by atoms with Crippen LogP contribution in [0.25, 0.3) is 10.9 Å². The average molecular weight is 218 g/mol. The third kappa shape index (κ3) is 1.67. The van der Waals surface area contributed by atoms with E-state index in [1.54, 1.807) is 6.07 Å². The smallest absolute Gasteiger partial charge is 0.376 e. The fraction of sp³-hybridized carbons (Fsp3) is 0.182. The van der Waals surface area contributed by atoms with Crippen LogP contribution in [0.2, 0.25) is 0 Å². The molecular weight excluding hydrogens is 208 g/mol. The lowest BCUT2D eigenvalue weighted by molar-refractivity contribution is 0.0586. The summed E-state index contributed by atoms with van der Waals surface area (Å²) < 4.78 is 9.67. The molecular formula is C11H10N2O3. The van der Waals surface area contributed by atoms with Crippen molar-refractivity contribution in [1.82, 2.24) is 9.97 Å². The van der Waals surface area contributed by atoms with Crippen molar-refractivity contribution in [2.24, 2.45) is 0 Å². The molecule has 5 heteroatoms. The second-order valence-electron chi connectivity index (χ2n) is 3.07. The summed E-state index contributed by atoms with van der Waals surface area (Å²) in [5.74, 6) is -0.215.